The Morgan fingerprint density at radius 3 is 2.33 bits per heavy atom. The Morgan fingerprint density at radius 1 is 1.56 bits per heavy atom. The zero-order valence-corrected chi connectivity index (χ0v) is 5.52. The molecule has 54 valence electrons. The van der Waals surface area contributed by atoms with Crippen molar-refractivity contribution in [3.63, 3.8) is 0 Å². The predicted molar refractivity (Wildman–Crippen MR) is 33.9 cm³/mol. The summed E-state index contributed by atoms with van der Waals surface area (Å²) in [6.45, 7) is -0.317. The summed E-state index contributed by atoms with van der Waals surface area (Å²) in [6, 6.07) is 0. The van der Waals surface area contributed by atoms with Crippen molar-refractivity contribution in [1.29, 1.82) is 0 Å². The third-order valence-electron chi connectivity index (χ3n) is 2.25. The van der Waals surface area contributed by atoms with E-state index in [-0.39, 0.29) is 19.2 Å². The number of rotatable bonds is 3. The van der Waals surface area contributed by atoms with Crippen LogP contribution in [0.15, 0.2) is 0 Å². The molecule has 0 aromatic carbocycles. The summed E-state index contributed by atoms with van der Waals surface area (Å²) < 4.78 is 12.0. The van der Waals surface area contributed by atoms with Gasteiger partial charge in [0, 0.05) is 12.5 Å². The van der Waals surface area contributed by atoms with Crippen LogP contribution in [0.4, 0.5) is 4.39 Å². The molecule has 0 spiro atoms. The first-order valence-corrected chi connectivity index (χ1v) is 3.55. The van der Waals surface area contributed by atoms with Crippen molar-refractivity contribution in [1.82, 2.24) is 0 Å². The van der Waals surface area contributed by atoms with Crippen molar-refractivity contribution in [2.45, 2.75) is 19.3 Å². The van der Waals surface area contributed by atoms with E-state index in [0.717, 1.165) is 12.8 Å². The maximum Gasteiger partial charge on any atom is 0.0947 e. The molecule has 1 aliphatic rings. The van der Waals surface area contributed by atoms with Gasteiger partial charge in [0.2, 0.25) is 0 Å². The number of halogens is 1. The van der Waals surface area contributed by atoms with Crippen LogP contribution in [0.2, 0.25) is 0 Å². The Labute approximate surface area is 54.9 Å². The van der Waals surface area contributed by atoms with Crippen LogP contribution in [0.1, 0.15) is 19.3 Å². The van der Waals surface area contributed by atoms with Crippen LogP contribution in [0.3, 0.4) is 0 Å². The molecule has 0 amide bonds. The highest BCUT2D eigenvalue weighted by Crippen LogP contribution is 2.33. The van der Waals surface area contributed by atoms with Crippen molar-refractivity contribution in [3.8, 4) is 0 Å². The molecule has 9 heavy (non-hydrogen) atoms. The van der Waals surface area contributed by atoms with Crippen molar-refractivity contribution >= 4 is 0 Å². The number of alkyl halides is 1. The van der Waals surface area contributed by atoms with Crippen molar-refractivity contribution in [2.24, 2.45) is 11.8 Å². The van der Waals surface area contributed by atoms with Gasteiger partial charge in [-0.05, 0) is 18.8 Å². The quantitative estimate of drug-likeness (QED) is 0.614. The van der Waals surface area contributed by atoms with Crippen LogP contribution < -0.4 is 0 Å². The van der Waals surface area contributed by atoms with Crippen LogP contribution >= 0.6 is 0 Å². The molecule has 1 fully saturated rings. The lowest BCUT2D eigenvalue weighted by molar-refractivity contribution is 0.101. The summed E-state index contributed by atoms with van der Waals surface area (Å²) in [6.07, 6.45) is 3.46. The zero-order valence-electron chi connectivity index (χ0n) is 5.52. The molecule has 1 rings (SSSR count). The smallest absolute Gasteiger partial charge is 0.0947 e. The summed E-state index contributed by atoms with van der Waals surface area (Å²) in [5.41, 5.74) is 0. The first-order valence-electron chi connectivity index (χ1n) is 3.55. The summed E-state index contributed by atoms with van der Waals surface area (Å²) in [5.74, 6) is 0.429. The van der Waals surface area contributed by atoms with Crippen molar-refractivity contribution < 1.29 is 9.50 Å². The van der Waals surface area contributed by atoms with Crippen LogP contribution in [0, 0.1) is 11.8 Å². The van der Waals surface area contributed by atoms with Crippen LogP contribution in [0.5, 0.6) is 0 Å². The lowest BCUT2D eigenvalue weighted by Crippen LogP contribution is -2.26. The van der Waals surface area contributed by atoms with Crippen LogP contribution in [-0.2, 0) is 0 Å². The molecule has 0 radical (unpaired) electrons. The van der Waals surface area contributed by atoms with Crippen molar-refractivity contribution in [3.05, 3.63) is 0 Å². The molecule has 0 aromatic heterocycles. The standard InChI is InChI=1S/C7H13FO/c8-4-7(5-9)6-2-1-3-6/h6-7,9H,1-5H2. The second kappa shape index (κ2) is 3.16. The first kappa shape index (κ1) is 7.00. The van der Waals surface area contributed by atoms with E-state index >= 15 is 0 Å². The predicted octanol–water partition coefficient (Wildman–Crippen LogP) is 1.36. The number of aliphatic hydroxyl groups excluding tert-OH is 1. The summed E-state index contributed by atoms with van der Waals surface area (Å²) >= 11 is 0. The Balaban J connectivity index is 2.19. The molecular weight excluding hydrogens is 119 g/mol. The van der Waals surface area contributed by atoms with E-state index < -0.39 is 0 Å². The molecule has 0 aliphatic heterocycles. The fourth-order valence-electron chi connectivity index (χ4n) is 1.24. The minimum atomic E-state index is -0.346. The molecule has 0 aromatic rings. The van der Waals surface area contributed by atoms with Gasteiger partial charge >= 0.3 is 0 Å². The van der Waals surface area contributed by atoms with E-state index in [4.69, 9.17) is 5.11 Å². The van der Waals surface area contributed by atoms with E-state index in [9.17, 15) is 4.39 Å². The minimum absolute atomic E-state index is 0.0289. The number of hydrogen-bond donors (Lipinski definition) is 1. The Bertz CT molecular complexity index is 77.0. The summed E-state index contributed by atoms with van der Waals surface area (Å²) in [7, 11) is 0. The molecule has 0 heterocycles. The topological polar surface area (TPSA) is 20.2 Å². The highest BCUT2D eigenvalue weighted by molar-refractivity contribution is 4.76. The van der Waals surface area contributed by atoms with E-state index in [1.54, 1.807) is 0 Å². The van der Waals surface area contributed by atoms with E-state index in [0.29, 0.717) is 5.92 Å². The molecule has 1 atom stereocenters. The highest BCUT2D eigenvalue weighted by Gasteiger charge is 2.26. The summed E-state index contributed by atoms with van der Waals surface area (Å²) in [4.78, 5) is 0. The maximum absolute atomic E-state index is 12.0. The lowest BCUT2D eigenvalue weighted by atomic mass is 9.77. The fourth-order valence-corrected chi connectivity index (χ4v) is 1.24. The van der Waals surface area contributed by atoms with Crippen LogP contribution in [-0.4, -0.2) is 18.4 Å². The molecule has 1 unspecified atom stereocenters. The van der Waals surface area contributed by atoms with Gasteiger partial charge in [0.1, 0.15) is 0 Å². The molecule has 1 nitrogen and oxygen atoms in total. The van der Waals surface area contributed by atoms with Gasteiger partial charge in [-0.2, -0.15) is 0 Å². The average molecular weight is 132 g/mol. The SMILES string of the molecule is OCC(CF)C1CCC1. The van der Waals surface area contributed by atoms with Gasteiger partial charge < -0.3 is 5.11 Å². The second-order valence-electron chi connectivity index (χ2n) is 2.79. The average Bonchev–Trinajstić information content (AvgIpc) is 1.78. The third kappa shape index (κ3) is 1.42. The largest absolute Gasteiger partial charge is 0.396 e. The first-order chi connectivity index (χ1) is 4.38. The molecule has 1 aliphatic carbocycles. The Kier molecular flexibility index (Phi) is 2.46. The van der Waals surface area contributed by atoms with Gasteiger partial charge in [-0.15, -0.1) is 0 Å². The molecule has 0 saturated heterocycles. The lowest BCUT2D eigenvalue weighted by Gasteiger charge is -2.30. The monoisotopic (exact) mass is 132 g/mol. The van der Waals surface area contributed by atoms with Crippen LogP contribution in [0.25, 0.3) is 0 Å². The van der Waals surface area contributed by atoms with E-state index in [1.807, 2.05) is 0 Å². The maximum atomic E-state index is 12.0. The van der Waals surface area contributed by atoms with Crippen molar-refractivity contribution in [2.75, 3.05) is 13.3 Å². The molecule has 1 N–H and O–H groups in total. The number of aliphatic hydroxyl groups is 1. The Hall–Kier alpha value is -0.110. The minimum Gasteiger partial charge on any atom is -0.396 e. The number of hydrogen-bond acceptors (Lipinski definition) is 1. The van der Waals surface area contributed by atoms with Gasteiger partial charge in [0.15, 0.2) is 0 Å². The van der Waals surface area contributed by atoms with Gasteiger partial charge in [0.25, 0.3) is 0 Å². The fraction of sp³-hybridized carbons (Fsp3) is 1.00. The van der Waals surface area contributed by atoms with Gasteiger partial charge in [-0.1, -0.05) is 6.42 Å². The molecule has 2 heteroatoms. The molecule has 0 bridgehead atoms. The van der Waals surface area contributed by atoms with E-state index in [2.05, 4.69) is 0 Å². The molecule has 1 saturated carbocycles. The second-order valence-corrected chi connectivity index (χ2v) is 2.79. The zero-order chi connectivity index (χ0) is 6.69. The normalized spacial score (nSPS) is 23.3. The van der Waals surface area contributed by atoms with Gasteiger partial charge in [-0.3, -0.25) is 4.39 Å². The third-order valence-corrected chi connectivity index (χ3v) is 2.25. The summed E-state index contributed by atoms with van der Waals surface area (Å²) in [5, 5.41) is 8.62. The van der Waals surface area contributed by atoms with E-state index in [1.165, 1.54) is 6.42 Å². The van der Waals surface area contributed by atoms with Gasteiger partial charge in [0.05, 0.1) is 6.67 Å². The Morgan fingerprint density at radius 2 is 2.22 bits per heavy atom. The van der Waals surface area contributed by atoms with Gasteiger partial charge in [-0.25, -0.2) is 0 Å². The molecular formula is C7H13FO. The highest BCUT2D eigenvalue weighted by atomic mass is 19.1.